The number of aromatic nitrogens is 2. The fourth-order valence-electron chi connectivity index (χ4n) is 2.61. The smallest absolute Gasteiger partial charge is 0.255 e. The van der Waals surface area contributed by atoms with Gasteiger partial charge in [-0.2, -0.15) is 0 Å². The molecule has 0 atom stereocenters. The summed E-state index contributed by atoms with van der Waals surface area (Å²) in [5, 5.41) is 4.03. The van der Waals surface area contributed by atoms with Crippen LogP contribution in [0.5, 0.6) is 11.6 Å². The summed E-state index contributed by atoms with van der Waals surface area (Å²) >= 11 is 7.43. The molecule has 0 saturated heterocycles. The first-order valence-electron chi connectivity index (χ1n) is 9.06. The summed E-state index contributed by atoms with van der Waals surface area (Å²) in [5.41, 5.74) is 1.13. The molecule has 0 aliphatic rings. The maximum Gasteiger partial charge on any atom is 0.255 e. The zero-order valence-corrected chi connectivity index (χ0v) is 17.2. The number of hydrogen-bond acceptors (Lipinski definition) is 5. The van der Waals surface area contributed by atoms with Gasteiger partial charge in [0.05, 0.1) is 0 Å². The number of halogens is 1. The average molecular weight is 434 g/mol. The van der Waals surface area contributed by atoms with Crippen molar-refractivity contribution in [2.24, 2.45) is 0 Å². The van der Waals surface area contributed by atoms with Gasteiger partial charge in [0.2, 0.25) is 0 Å². The Bertz CT molecular complexity index is 1150. The molecule has 0 fully saturated rings. The molecule has 0 radical (unpaired) electrons. The fraction of sp³-hybridized carbons (Fsp3) is 0. The second-order valence-electron chi connectivity index (χ2n) is 6.17. The van der Waals surface area contributed by atoms with E-state index in [9.17, 15) is 4.79 Å². The van der Waals surface area contributed by atoms with Crippen LogP contribution in [0.2, 0.25) is 5.02 Å². The Kier molecular flexibility index (Phi) is 6.27. The van der Waals surface area contributed by atoms with Crippen molar-refractivity contribution >= 4 is 35.0 Å². The van der Waals surface area contributed by atoms with Crippen LogP contribution >= 0.6 is 23.4 Å². The van der Waals surface area contributed by atoms with Crippen molar-refractivity contribution in [2.75, 3.05) is 5.32 Å². The minimum atomic E-state index is -0.233. The number of nitrogens with one attached hydrogen (secondary N) is 1. The van der Waals surface area contributed by atoms with E-state index >= 15 is 0 Å². The van der Waals surface area contributed by atoms with Gasteiger partial charge >= 0.3 is 0 Å². The van der Waals surface area contributed by atoms with E-state index in [0.717, 1.165) is 4.90 Å². The summed E-state index contributed by atoms with van der Waals surface area (Å²) in [4.78, 5) is 22.1. The summed E-state index contributed by atoms with van der Waals surface area (Å²) in [7, 11) is 0. The number of hydrogen-bond donors (Lipinski definition) is 1. The predicted molar refractivity (Wildman–Crippen MR) is 119 cm³/mol. The van der Waals surface area contributed by atoms with Crippen LogP contribution in [0.15, 0.2) is 101 Å². The van der Waals surface area contributed by atoms with Gasteiger partial charge in [0.1, 0.15) is 5.75 Å². The molecule has 7 heteroatoms. The standard InChI is InChI=1S/C23H16ClN3O2S/c24-17-5-4-6-18(15-17)27-21(28)16-9-11-19(12-10-16)29-22-23(26-14-13-25-22)30-20-7-2-1-3-8-20/h1-15H,(H,27,28). The van der Waals surface area contributed by atoms with Crippen LogP contribution in [0.25, 0.3) is 0 Å². The quantitative estimate of drug-likeness (QED) is 0.385. The Morgan fingerprint density at radius 3 is 2.43 bits per heavy atom. The minimum Gasteiger partial charge on any atom is -0.437 e. The third-order valence-electron chi connectivity index (χ3n) is 4.00. The molecule has 148 valence electrons. The van der Waals surface area contributed by atoms with Crippen molar-refractivity contribution in [1.82, 2.24) is 9.97 Å². The molecular formula is C23H16ClN3O2S. The Hall–Kier alpha value is -3.35. The first-order valence-corrected chi connectivity index (χ1v) is 10.3. The summed E-state index contributed by atoms with van der Waals surface area (Å²) in [6.07, 6.45) is 3.21. The van der Waals surface area contributed by atoms with Crippen molar-refractivity contribution in [3.8, 4) is 11.6 Å². The number of amides is 1. The third kappa shape index (κ3) is 5.17. The molecule has 0 aliphatic carbocycles. The molecule has 0 spiro atoms. The molecule has 30 heavy (non-hydrogen) atoms. The van der Waals surface area contributed by atoms with Gasteiger partial charge in [-0.25, -0.2) is 9.97 Å². The van der Waals surface area contributed by atoms with E-state index in [2.05, 4.69) is 15.3 Å². The van der Waals surface area contributed by atoms with E-state index in [-0.39, 0.29) is 5.91 Å². The lowest BCUT2D eigenvalue weighted by molar-refractivity contribution is 0.102. The molecule has 3 aromatic carbocycles. The number of carbonyl (C=O) groups is 1. The lowest BCUT2D eigenvalue weighted by atomic mass is 10.2. The Morgan fingerprint density at radius 2 is 1.67 bits per heavy atom. The highest BCUT2D eigenvalue weighted by molar-refractivity contribution is 7.99. The highest BCUT2D eigenvalue weighted by Crippen LogP contribution is 2.33. The maximum atomic E-state index is 12.4. The lowest BCUT2D eigenvalue weighted by Crippen LogP contribution is -2.11. The molecule has 1 heterocycles. The molecule has 0 saturated carbocycles. The van der Waals surface area contributed by atoms with Gasteiger partial charge in [-0.15, -0.1) is 0 Å². The van der Waals surface area contributed by atoms with Crippen molar-refractivity contribution in [1.29, 1.82) is 0 Å². The molecule has 1 N–H and O–H groups in total. The summed E-state index contributed by atoms with van der Waals surface area (Å²) in [6, 6.07) is 23.7. The zero-order chi connectivity index (χ0) is 20.8. The number of benzene rings is 3. The normalized spacial score (nSPS) is 10.4. The third-order valence-corrected chi connectivity index (χ3v) is 5.22. The highest BCUT2D eigenvalue weighted by Gasteiger charge is 2.11. The molecular weight excluding hydrogens is 418 g/mol. The van der Waals surface area contributed by atoms with Gasteiger partial charge in [0.25, 0.3) is 11.8 Å². The van der Waals surface area contributed by atoms with Crippen molar-refractivity contribution < 1.29 is 9.53 Å². The lowest BCUT2D eigenvalue weighted by Gasteiger charge is -2.10. The number of ether oxygens (including phenoxy) is 1. The molecule has 1 amide bonds. The molecule has 0 aliphatic heterocycles. The molecule has 0 unspecified atom stereocenters. The Labute approximate surface area is 183 Å². The first kappa shape index (κ1) is 19.9. The summed E-state index contributed by atoms with van der Waals surface area (Å²) in [6.45, 7) is 0. The SMILES string of the molecule is O=C(Nc1cccc(Cl)c1)c1ccc(Oc2nccnc2Sc2ccccc2)cc1. The molecule has 4 aromatic rings. The van der Waals surface area contributed by atoms with Gasteiger partial charge in [0.15, 0.2) is 5.03 Å². The van der Waals surface area contributed by atoms with Crippen molar-refractivity contribution in [2.45, 2.75) is 9.92 Å². The van der Waals surface area contributed by atoms with E-state index in [1.165, 1.54) is 11.8 Å². The largest absolute Gasteiger partial charge is 0.437 e. The zero-order valence-electron chi connectivity index (χ0n) is 15.7. The van der Waals surface area contributed by atoms with Gasteiger partial charge < -0.3 is 10.1 Å². The van der Waals surface area contributed by atoms with Crippen LogP contribution in [-0.2, 0) is 0 Å². The van der Waals surface area contributed by atoms with Gasteiger partial charge in [-0.1, -0.05) is 47.6 Å². The Balaban J connectivity index is 1.46. The minimum absolute atomic E-state index is 0.233. The van der Waals surface area contributed by atoms with E-state index < -0.39 is 0 Å². The molecule has 0 bridgehead atoms. The highest BCUT2D eigenvalue weighted by atomic mass is 35.5. The number of anilines is 1. The van der Waals surface area contributed by atoms with Crippen LogP contribution in [0.1, 0.15) is 10.4 Å². The van der Waals surface area contributed by atoms with Gasteiger partial charge in [-0.05, 0) is 54.6 Å². The second-order valence-corrected chi connectivity index (χ2v) is 7.67. The van der Waals surface area contributed by atoms with Crippen LogP contribution in [0, 0.1) is 0 Å². The fourth-order valence-corrected chi connectivity index (χ4v) is 3.61. The molecule has 4 rings (SSSR count). The molecule has 5 nitrogen and oxygen atoms in total. The van der Waals surface area contributed by atoms with Crippen molar-refractivity contribution in [3.63, 3.8) is 0 Å². The van der Waals surface area contributed by atoms with Crippen LogP contribution in [0.3, 0.4) is 0 Å². The number of rotatable bonds is 6. The Morgan fingerprint density at radius 1 is 0.900 bits per heavy atom. The van der Waals surface area contributed by atoms with Crippen LogP contribution in [0.4, 0.5) is 5.69 Å². The van der Waals surface area contributed by atoms with E-state index in [4.69, 9.17) is 16.3 Å². The topological polar surface area (TPSA) is 64.1 Å². The summed E-state index contributed by atoms with van der Waals surface area (Å²) in [5.74, 6) is 0.732. The first-order chi connectivity index (χ1) is 14.7. The van der Waals surface area contributed by atoms with E-state index in [1.807, 2.05) is 30.3 Å². The van der Waals surface area contributed by atoms with Crippen molar-refractivity contribution in [3.05, 3.63) is 102 Å². The maximum absolute atomic E-state index is 12.4. The number of nitrogens with zero attached hydrogens (tertiary/aromatic N) is 2. The second kappa shape index (κ2) is 9.43. The predicted octanol–water partition coefficient (Wildman–Crippen LogP) is 6.33. The average Bonchev–Trinajstić information content (AvgIpc) is 2.76. The van der Waals surface area contributed by atoms with E-state index in [0.29, 0.717) is 32.9 Å². The van der Waals surface area contributed by atoms with Gasteiger partial charge in [0, 0.05) is 33.6 Å². The van der Waals surface area contributed by atoms with Crippen LogP contribution in [-0.4, -0.2) is 15.9 Å². The summed E-state index contributed by atoms with van der Waals surface area (Å²) < 4.78 is 5.91. The van der Waals surface area contributed by atoms with E-state index in [1.54, 1.807) is 60.9 Å². The number of carbonyl (C=O) groups excluding carboxylic acids is 1. The monoisotopic (exact) mass is 433 g/mol. The van der Waals surface area contributed by atoms with Crippen LogP contribution < -0.4 is 10.1 Å². The van der Waals surface area contributed by atoms with Gasteiger partial charge in [-0.3, -0.25) is 4.79 Å². The molecule has 1 aromatic heterocycles.